The molecule has 5 heteroatoms. The van der Waals surface area contributed by atoms with Crippen LogP contribution in [0.5, 0.6) is 17.2 Å². The van der Waals surface area contributed by atoms with E-state index in [-0.39, 0.29) is 0 Å². The Bertz CT molecular complexity index is 695. The number of methoxy groups -OCH3 is 2. The first-order valence-corrected chi connectivity index (χ1v) is 6.88. The smallest absolute Gasteiger partial charge is 0.336 e. The van der Waals surface area contributed by atoms with Crippen LogP contribution in [0.15, 0.2) is 48.5 Å². The minimum Gasteiger partial charge on any atom is -0.497 e. The van der Waals surface area contributed by atoms with Crippen LogP contribution in [0.25, 0.3) is 6.08 Å². The van der Waals surface area contributed by atoms with Crippen molar-refractivity contribution in [2.24, 2.45) is 0 Å². The molecule has 0 bridgehead atoms. The van der Waals surface area contributed by atoms with E-state index < -0.39 is 5.97 Å². The Kier molecular flexibility index (Phi) is 5.44. The second-order valence-corrected chi connectivity index (χ2v) is 4.70. The number of carbonyl (C=O) groups is 1. The molecule has 0 aromatic heterocycles. The summed E-state index contributed by atoms with van der Waals surface area (Å²) < 4.78 is 15.6. The number of halogens is 1. The van der Waals surface area contributed by atoms with E-state index in [9.17, 15) is 4.79 Å². The van der Waals surface area contributed by atoms with Gasteiger partial charge in [-0.1, -0.05) is 23.7 Å². The molecule has 0 aliphatic carbocycles. The van der Waals surface area contributed by atoms with E-state index in [0.717, 1.165) is 0 Å². The van der Waals surface area contributed by atoms with Gasteiger partial charge in [0.2, 0.25) is 0 Å². The number of rotatable bonds is 5. The van der Waals surface area contributed by atoms with Crippen molar-refractivity contribution in [3.8, 4) is 17.2 Å². The van der Waals surface area contributed by atoms with Gasteiger partial charge in [0.15, 0.2) is 0 Å². The molecule has 0 spiro atoms. The summed E-state index contributed by atoms with van der Waals surface area (Å²) in [5.41, 5.74) is 0.706. The van der Waals surface area contributed by atoms with Gasteiger partial charge < -0.3 is 14.2 Å². The van der Waals surface area contributed by atoms with Crippen LogP contribution in [0, 0.1) is 0 Å². The Hall–Kier alpha value is -2.46. The predicted molar refractivity (Wildman–Crippen MR) is 85.7 cm³/mol. The quantitative estimate of drug-likeness (QED) is 0.475. The first-order chi connectivity index (χ1) is 10.6. The van der Waals surface area contributed by atoms with Gasteiger partial charge in [-0.15, -0.1) is 0 Å². The molecule has 0 fully saturated rings. The van der Waals surface area contributed by atoms with Crippen molar-refractivity contribution in [1.29, 1.82) is 0 Å². The number of benzene rings is 2. The second kappa shape index (κ2) is 7.52. The van der Waals surface area contributed by atoms with Gasteiger partial charge >= 0.3 is 5.97 Å². The summed E-state index contributed by atoms with van der Waals surface area (Å²) in [5.74, 6) is 1.08. The zero-order valence-electron chi connectivity index (χ0n) is 12.2. The van der Waals surface area contributed by atoms with Gasteiger partial charge in [0.05, 0.1) is 19.2 Å². The molecule has 2 rings (SSSR count). The molecule has 0 heterocycles. The zero-order valence-corrected chi connectivity index (χ0v) is 13.0. The molecule has 0 saturated carbocycles. The first kappa shape index (κ1) is 15.9. The van der Waals surface area contributed by atoms with Crippen molar-refractivity contribution < 1.29 is 19.0 Å². The highest BCUT2D eigenvalue weighted by molar-refractivity contribution is 6.32. The molecule has 0 aliphatic heterocycles. The minimum atomic E-state index is -0.530. The highest BCUT2D eigenvalue weighted by atomic mass is 35.5. The zero-order chi connectivity index (χ0) is 15.9. The maximum atomic E-state index is 11.9. The first-order valence-electron chi connectivity index (χ1n) is 6.50. The Morgan fingerprint density at radius 1 is 1.05 bits per heavy atom. The fraction of sp³-hybridized carbons (Fsp3) is 0.118. The summed E-state index contributed by atoms with van der Waals surface area (Å²) in [4.78, 5) is 11.9. The molecule has 0 unspecified atom stereocenters. The molecule has 0 atom stereocenters. The molecule has 0 aliphatic rings. The van der Waals surface area contributed by atoms with Crippen LogP contribution in [-0.2, 0) is 4.79 Å². The molecule has 0 amide bonds. The van der Waals surface area contributed by atoms with E-state index in [0.29, 0.717) is 27.8 Å². The van der Waals surface area contributed by atoms with Gasteiger partial charge in [0.25, 0.3) is 0 Å². The van der Waals surface area contributed by atoms with Crippen molar-refractivity contribution >= 4 is 23.6 Å². The number of hydrogen-bond donors (Lipinski definition) is 0. The lowest BCUT2D eigenvalue weighted by molar-refractivity contribution is -0.128. The number of carbonyl (C=O) groups excluding carboxylic acids is 1. The van der Waals surface area contributed by atoms with Crippen LogP contribution in [-0.4, -0.2) is 20.2 Å². The minimum absolute atomic E-state index is 0.316. The van der Waals surface area contributed by atoms with Gasteiger partial charge in [0, 0.05) is 11.6 Å². The van der Waals surface area contributed by atoms with Crippen molar-refractivity contribution in [2.45, 2.75) is 0 Å². The number of hydrogen-bond acceptors (Lipinski definition) is 4. The van der Waals surface area contributed by atoms with E-state index in [1.54, 1.807) is 62.8 Å². The average Bonchev–Trinajstić information content (AvgIpc) is 2.54. The van der Waals surface area contributed by atoms with E-state index >= 15 is 0 Å². The summed E-state index contributed by atoms with van der Waals surface area (Å²) >= 11 is 5.93. The van der Waals surface area contributed by atoms with Crippen LogP contribution in [0.2, 0.25) is 5.02 Å². The van der Waals surface area contributed by atoms with Crippen molar-refractivity contribution in [3.05, 3.63) is 59.1 Å². The fourth-order valence-corrected chi connectivity index (χ4v) is 1.97. The van der Waals surface area contributed by atoms with E-state index in [1.165, 1.54) is 6.08 Å². The molecule has 0 N–H and O–H groups in total. The van der Waals surface area contributed by atoms with Gasteiger partial charge in [0.1, 0.15) is 17.2 Å². The monoisotopic (exact) mass is 318 g/mol. The Balaban J connectivity index is 2.14. The maximum absolute atomic E-state index is 11.9. The third kappa shape index (κ3) is 4.02. The molecule has 114 valence electrons. The molecule has 2 aromatic rings. The number of ether oxygens (including phenoxy) is 3. The summed E-state index contributed by atoms with van der Waals surface area (Å²) in [7, 11) is 3.13. The molecule has 22 heavy (non-hydrogen) atoms. The molecule has 4 nitrogen and oxygen atoms in total. The Morgan fingerprint density at radius 3 is 2.50 bits per heavy atom. The van der Waals surface area contributed by atoms with Crippen LogP contribution in [0.1, 0.15) is 5.56 Å². The summed E-state index contributed by atoms with van der Waals surface area (Å²) in [6.07, 6.45) is 2.90. The standard InChI is InChI=1S/C17H15ClO4/c1-20-13-8-9-15(21-2)12(11-13)7-10-17(19)22-16-6-4-3-5-14(16)18/h3-11H,1-2H3. The molecule has 2 aromatic carbocycles. The lowest BCUT2D eigenvalue weighted by Crippen LogP contribution is -2.04. The fourth-order valence-electron chi connectivity index (χ4n) is 1.80. The van der Waals surface area contributed by atoms with Crippen LogP contribution < -0.4 is 14.2 Å². The van der Waals surface area contributed by atoms with Crippen LogP contribution in [0.3, 0.4) is 0 Å². The van der Waals surface area contributed by atoms with Gasteiger partial charge in [-0.25, -0.2) is 4.79 Å². The van der Waals surface area contributed by atoms with Crippen molar-refractivity contribution in [3.63, 3.8) is 0 Å². The Labute approximate surface area is 133 Å². The third-order valence-corrected chi connectivity index (χ3v) is 3.20. The van der Waals surface area contributed by atoms with E-state index in [4.69, 9.17) is 25.8 Å². The normalized spacial score (nSPS) is 10.5. The highest BCUT2D eigenvalue weighted by Crippen LogP contribution is 2.26. The topological polar surface area (TPSA) is 44.8 Å². The van der Waals surface area contributed by atoms with Gasteiger partial charge in [-0.2, -0.15) is 0 Å². The SMILES string of the molecule is COc1ccc(OC)c(C=CC(=O)Oc2ccccc2Cl)c1. The van der Waals surface area contributed by atoms with Crippen LogP contribution in [0.4, 0.5) is 0 Å². The largest absolute Gasteiger partial charge is 0.497 e. The molecule has 0 radical (unpaired) electrons. The Morgan fingerprint density at radius 2 is 1.82 bits per heavy atom. The van der Waals surface area contributed by atoms with Gasteiger partial charge in [-0.3, -0.25) is 0 Å². The third-order valence-electron chi connectivity index (χ3n) is 2.88. The summed E-state index contributed by atoms with van der Waals surface area (Å²) in [5, 5.41) is 0.378. The molecule has 0 saturated heterocycles. The summed E-state index contributed by atoms with van der Waals surface area (Å²) in [6, 6.07) is 12.1. The number of esters is 1. The average molecular weight is 319 g/mol. The lowest BCUT2D eigenvalue weighted by atomic mass is 10.1. The predicted octanol–water partition coefficient (Wildman–Crippen LogP) is 3.98. The molecular formula is C17H15ClO4. The van der Waals surface area contributed by atoms with Crippen molar-refractivity contribution in [2.75, 3.05) is 14.2 Å². The highest BCUT2D eigenvalue weighted by Gasteiger charge is 2.06. The maximum Gasteiger partial charge on any atom is 0.336 e. The second-order valence-electron chi connectivity index (χ2n) is 4.29. The lowest BCUT2D eigenvalue weighted by Gasteiger charge is -2.07. The van der Waals surface area contributed by atoms with E-state index in [1.807, 2.05) is 0 Å². The number of para-hydroxylation sites is 1. The van der Waals surface area contributed by atoms with Gasteiger partial charge in [-0.05, 0) is 36.4 Å². The molecular weight excluding hydrogens is 304 g/mol. The van der Waals surface area contributed by atoms with Crippen molar-refractivity contribution in [1.82, 2.24) is 0 Å². The van der Waals surface area contributed by atoms with E-state index in [2.05, 4.69) is 0 Å². The summed E-state index contributed by atoms with van der Waals surface area (Å²) in [6.45, 7) is 0. The van der Waals surface area contributed by atoms with Crippen LogP contribution >= 0.6 is 11.6 Å².